The predicted molar refractivity (Wildman–Crippen MR) is 80.6 cm³/mol. The van der Waals surface area contributed by atoms with Gasteiger partial charge in [0.05, 0.1) is 7.11 Å². The zero-order chi connectivity index (χ0) is 14.9. The summed E-state index contributed by atoms with van der Waals surface area (Å²) in [5, 5.41) is 3.63. The molecule has 0 radical (unpaired) electrons. The van der Waals surface area contributed by atoms with Crippen LogP contribution in [0.3, 0.4) is 0 Å². The molecule has 2 aliphatic rings. The maximum atomic E-state index is 12.5. The summed E-state index contributed by atoms with van der Waals surface area (Å²) in [5.74, 6) is 0.947. The lowest BCUT2D eigenvalue weighted by molar-refractivity contribution is -0.151. The number of hydrogen-bond donors (Lipinski definition) is 1. The molecule has 116 valence electrons. The number of rotatable bonds is 8. The van der Waals surface area contributed by atoms with Gasteiger partial charge in [-0.3, -0.25) is 5.32 Å². The van der Waals surface area contributed by atoms with E-state index in [0.717, 1.165) is 19.4 Å². The van der Waals surface area contributed by atoms with Crippen LogP contribution in [0.5, 0.6) is 0 Å². The zero-order valence-electron chi connectivity index (χ0n) is 13.6. The summed E-state index contributed by atoms with van der Waals surface area (Å²) < 4.78 is 5.16. The van der Waals surface area contributed by atoms with Gasteiger partial charge in [-0.15, -0.1) is 0 Å². The molecule has 2 atom stereocenters. The number of hydrogen-bond acceptors (Lipinski definition) is 4. The van der Waals surface area contributed by atoms with Crippen LogP contribution in [0.4, 0.5) is 0 Å². The van der Waals surface area contributed by atoms with E-state index < -0.39 is 5.54 Å². The van der Waals surface area contributed by atoms with Gasteiger partial charge in [-0.1, -0.05) is 13.8 Å². The minimum atomic E-state index is -0.492. The Morgan fingerprint density at radius 1 is 1.30 bits per heavy atom. The van der Waals surface area contributed by atoms with Crippen molar-refractivity contribution in [3.05, 3.63) is 0 Å². The number of methoxy groups -OCH3 is 1. The zero-order valence-corrected chi connectivity index (χ0v) is 13.6. The second-order valence-corrected chi connectivity index (χ2v) is 7.06. The Morgan fingerprint density at radius 2 is 1.90 bits per heavy atom. The van der Waals surface area contributed by atoms with Gasteiger partial charge in [0, 0.05) is 18.6 Å². The molecule has 2 aliphatic carbocycles. The topological polar surface area (TPSA) is 41.6 Å². The van der Waals surface area contributed by atoms with E-state index in [-0.39, 0.29) is 5.97 Å². The molecule has 0 bridgehead atoms. The standard InChI is InChI=1S/C16H30N2O2/c1-11(2)12(3)18(4)10-16(13-6-7-13,15(19)20-5)17-14-8-9-14/h11-14,17H,6-10H2,1-5H3. The molecule has 1 N–H and O–H groups in total. The summed E-state index contributed by atoms with van der Waals surface area (Å²) in [4.78, 5) is 14.8. The van der Waals surface area contributed by atoms with Gasteiger partial charge < -0.3 is 9.64 Å². The van der Waals surface area contributed by atoms with Crippen molar-refractivity contribution in [3.8, 4) is 0 Å². The van der Waals surface area contributed by atoms with Crippen molar-refractivity contribution in [2.24, 2.45) is 11.8 Å². The molecule has 4 heteroatoms. The third-order valence-electron chi connectivity index (χ3n) is 5.02. The van der Waals surface area contributed by atoms with Crippen LogP contribution in [0.25, 0.3) is 0 Å². The average molecular weight is 282 g/mol. The minimum absolute atomic E-state index is 0.0743. The van der Waals surface area contributed by atoms with Crippen molar-refractivity contribution in [2.45, 2.75) is 64.1 Å². The third-order valence-corrected chi connectivity index (χ3v) is 5.02. The van der Waals surface area contributed by atoms with Crippen molar-refractivity contribution in [1.29, 1.82) is 0 Å². The molecule has 0 aromatic rings. The van der Waals surface area contributed by atoms with Gasteiger partial charge in [-0.25, -0.2) is 4.79 Å². The van der Waals surface area contributed by atoms with E-state index in [1.54, 1.807) is 0 Å². The molecular weight excluding hydrogens is 252 g/mol. The van der Waals surface area contributed by atoms with Crippen LogP contribution in [0, 0.1) is 11.8 Å². The Morgan fingerprint density at radius 3 is 2.30 bits per heavy atom. The molecule has 2 saturated carbocycles. The molecule has 20 heavy (non-hydrogen) atoms. The number of carbonyl (C=O) groups is 1. The molecule has 0 aromatic carbocycles. The SMILES string of the molecule is COC(=O)C(CN(C)C(C)C(C)C)(NC1CC1)C1CC1. The normalized spacial score (nSPS) is 23.8. The van der Waals surface area contributed by atoms with E-state index in [0.29, 0.717) is 23.9 Å². The summed E-state index contributed by atoms with van der Waals surface area (Å²) in [6.45, 7) is 7.44. The molecule has 0 aliphatic heterocycles. The fourth-order valence-corrected chi connectivity index (χ4v) is 2.98. The highest BCUT2D eigenvalue weighted by atomic mass is 16.5. The lowest BCUT2D eigenvalue weighted by Crippen LogP contribution is -2.62. The Labute approximate surface area is 123 Å². The van der Waals surface area contributed by atoms with Crippen LogP contribution in [0.15, 0.2) is 0 Å². The first kappa shape index (κ1) is 15.8. The summed E-state index contributed by atoms with van der Waals surface area (Å²) in [7, 11) is 3.64. The molecular formula is C16H30N2O2. The molecule has 4 nitrogen and oxygen atoms in total. The maximum Gasteiger partial charge on any atom is 0.327 e. The second kappa shape index (κ2) is 6.02. The highest BCUT2D eigenvalue weighted by Gasteiger charge is 2.54. The van der Waals surface area contributed by atoms with Gasteiger partial charge in [0.2, 0.25) is 0 Å². The van der Waals surface area contributed by atoms with Gasteiger partial charge in [0.1, 0.15) is 5.54 Å². The van der Waals surface area contributed by atoms with E-state index in [2.05, 4.69) is 38.0 Å². The van der Waals surface area contributed by atoms with E-state index >= 15 is 0 Å². The number of esters is 1. The number of carbonyl (C=O) groups excluding carboxylic acids is 1. The fourth-order valence-electron chi connectivity index (χ4n) is 2.98. The first-order valence-electron chi connectivity index (χ1n) is 7.97. The number of nitrogens with zero attached hydrogens (tertiary/aromatic N) is 1. The predicted octanol–water partition coefficient (Wildman–Crippen LogP) is 2.04. The van der Waals surface area contributed by atoms with E-state index in [4.69, 9.17) is 4.74 Å². The summed E-state index contributed by atoms with van der Waals surface area (Å²) in [6, 6.07) is 0.969. The van der Waals surface area contributed by atoms with Crippen LogP contribution >= 0.6 is 0 Å². The third kappa shape index (κ3) is 3.34. The van der Waals surface area contributed by atoms with Crippen LogP contribution in [0.1, 0.15) is 46.5 Å². The van der Waals surface area contributed by atoms with E-state index in [9.17, 15) is 4.79 Å². The maximum absolute atomic E-state index is 12.5. The highest BCUT2D eigenvalue weighted by molar-refractivity contribution is 5.82. The van der Waals surface area contributed by atoms with E-state index in [1.165, 1.54) is 20.0 Å². The van der Waals surface area contributed by atoms with Crippen molar-refractivity contribution in [2.75, 3.05) is 20.7 Å². The van der Waals surface area contributed by atoms with Gasteiger partial charge in [-0.05, 0) is 51.5 Å². The smallest absolute Gasteiger partial charge is 0.327 e. The van der Waals surface area contributed by atoms with Gasteiger partial charge in [0.25, 0.3) is 0 Å². The second-order valence-electron chi connectivity index (χ2n) is 7.06. The summed E-state index contributed by atoms with van der Waals surface area (Å²) >= 11 is 0. The fraction of sp³-hybridized carbons (Fsp3) is 0.938. The van der Waals surface area contributed by atoms with Gasteiger partial charge >= 0.3 is 5.97 Å². The van der Waals surface area contributed by atoms with Crippen LogP contribution in [-0.2, 0) is 9.53 Å². The average Bonchev–Trinajstić information content (AvgIpc) is 3.26. The van der Waals surface area contributed by atoms with Crippen LogP contribution in [0.2, 0.25) is 0 Å². The van der Waals surface area contributed by atoms with Crippen molar-refractivity contribution >= 4 is 5.97 Å². The molecule has 0 heterocycles. The van der Waals surface area contributed by atoms with Crippen molar-refractivity contribution < 1.29 is 9.53 Å². The largest absolute Gasteiger partial charge is 0.468 e. The summed E-state index contributed by atoms with van der Waals surface area (Å²) in [6.07, 6.45) is 4.65. The Kier molecular flexibility index (Phi) is 4.75. The minimum Gasteiger partial charge on any atom is -0.468 e. The molecule has 2 fully saturated rings. The van der Waals surface area contributed by atoms with Crippen LogP contribution in [-0.4, -0.2) is 49.2 Å². The van der Waals surface area contributed by atoms with Crippen molar-refractivity contribution in [1.82, 2.24) is 10.2 Å². The molecule has 0 aromatic heterocycles. The van der Waals surface area contributed by atoms with Crippen LogP contribution < -0.4 is 5.32 Å². The van der Waals surface area contributed by atoms with Crippen molar-refractivity contribution in [3.63, 3.8) is 0 Å². The van der Waals surface area contributed by atoms with E-state index in [1.807, 2.05) is 0 Å². The van der Waals surface area contributed by atoms with Gasteiger partial charge in [0.15, 0.2) is 0 Å². The molecule has 0 amide bonds. The molecule has 2 rings (SSSR count). The Bertz CT molecular complexity index is 350. The highest BCUT2D eigenvalue weighted by Crippen LogP contribution is 2.43. The first-order valence-corrected chi connectivity index (χ1v) is 7.97. The number of ether oxygens (including phenoxy) is 1. The quantitative estimate of drug-likeness (QED) is 0.692. The molecule has 0 spiro atoms. The monoisotopic (exact) mass is 282 g/mol. The number of likely N-dealkylation sites (N-methyl/N-ethyl adjacent to an activating group) is 1. The molecule has 2 unspecified atom stereocenters. The number of nitrogens with one attached hydrogen (secondary N) is 1. The summed E-state index contributed by atoms with van der Waals surface area (Å²) in [5.41, 5.74) is -0.492. The Hall–Kier alpha value is -0.610. The lowest BCUT2D eigenvalue weighted by atomic mass is 9.90. The molecule has 0 saturated heterocycles. The lowest BCUT2D eigenvalue weighted by Gasteiger charge is -2.39. The van der Waals surface area contributed by atoms with Gasteiger partial charge in [-0.2, -0.15) is 0 Å². The Balaban J connectivity index is 2.13. The first-order chi connectivity index (χ1) is 9.40.